The van der Waals surface area contributed by atoms with E-state index in [1.807, 2.05) is 6.20 Å². The molecule has 0 aliphatic carbocycles. The molecule has 2 atom stereocenters. The summed E-state index contributed by atoms with van der Waals surface area (Å²) in [6.07, 6.45) is 9.86. The number of rotatable bonds is 4. The minimum atomic E-state index is 0.677. The van der Waals surface area contributed by atoms with E-state index in [-0.39, 0.29) is 0 Å². The molecule has 4 nitrogen and oxygen atoms in total. The summed E-state index contributed by atoms with van der Waals surface area (Å²) < 4.78 is 1.79. The van der Waals surface area contributed by atoms with Crippen LogP contribution >= 0.6 is 0 Å². The molecule has 2 aliphatic heterocycles. The van der Waals surface area contributed by atoms with Crippen molar-refractivity contribution in [2.24, 2.45) is 0 Å². The lowest BCUT2D eigenvalue weighted by molar-refractivity contribution is 0.145. The van der Waals surface area contributed by atoms with E-state index in [4.69, 9.17) is 0 Å². The summed E-state index contributed by atoms with van der Waals surface area (Å²) >= 11 is 0. The Morgan fingerprint density at radius 3 is 2.85 bits per heavy atom. The summed E-state index contributed by atoms with van der Waals surface area (Å²) in [6.45, 7) is 11.9. The van der Waals surface area contributed by atoms with Gasteiger partial charge >= 0.3 is 0 Å². The van der Waals surface area contributed by atoms with Crippen molar-refractivity contribution in [3.8, 4) is 0 Å². The van der Waals surface area contributed by atoms with Gasteiger partial charge in [0.05, 0.1) is 6.20 Å². The van der Waals surface area contributed by atoms with Crippen LogP contribution in [0, 0.1) is 0 Å². The molecule has 3 rings (SSSR count). The number of hydrogen-bond donors (Lipinski definition) is 0. The first-order valence-corrected chi connectivity index (χ1v) is 7.82. The van der Waals surface area contributed by atoms with Gasteiger partial charge in [0, 0.05) is 55.7 Å². The van der Waals surface area contributed by atoms with Crippen molar-refractivity contribution in [1.82, 2.24) is 19.6 Å². The van der Waals surface area contributed by atoms with Crippen LogP contribution in [0.25, 0.3) is 6.20 Å². The lowest BCUT2D eigenvalue weighted by atomic mass is 10.1. The van der Waals surface area contributed by atoms with Gasteiger partial charge in [0.2, 0.25) is 0 Å². The van der Waals surface area contributed by atoms with Gasteiger partial charge in [0.1, 0.15) is 0 Å². The van der Waals surface area contributed by atoms with E-state index in [1.165, 1.54) is 37.9 Å². The molecular formula is C16H26N4. The first-order valence-electron chi connectivity index (χ1n) is 7.82. The standard InChI is InChI=1S/C16H26N4/c1-4-19-11-14(9-17-19)10-18-8-7-15-5-6-16(12-18)20(15)13(2)3/h4,9,11,13,15-16H,1,5-8,10,12H2,2-3H3. The summed E-state index contributed by atoms with van der Waals surface area (Å²) in [6, 6.07) is 2.23. The molecular weight excluding hydrogens is 248 g/mol. The molecule has 0 aromatic carbocycles. The number of aromatic nitrogens is 2. The maximum Gasteiger partial charge on any atom is 0.0539 e. The number of likely N-dealkylation sites (tertiary alicyclic amines) is 1. The molecule has 2 bridgehead atoms. The normalized spacial score (nSPS) is 27.9. The maximum atomic E-state index is 4.28. The fourth-order valence-electron chi connectivity index (χ4n) is 3.98. The highest BCUT2D eigenvalue weighted by Gasteiger charge is 2.38. The zero-order chi connectivity index (χ0) is 14.1. The highest BCUT2D eigenvalue weighted by atomic mass is 15.3. The first-order chi connectivity index (χ1) is 9.67. The van der Waals surface area contributed by atoms with Crippen molar-refractivity contribution in [1.29, 1.82) is 0 Å². The molecule has 1 aromatic heterocycles. The SMILES string of the molecule is C=Cn1cc(CN2CCC3CCC(C2)N3C(C)C)cn1. The van der Waals surface area contributed by atoms with E-state index in [2.05, 4.69) is 41.5 Å². The fraction of sp³-hybridized carbons (Fsp3) is 0.688. The maximum absolute atomic E-state index is 4.28. The molecule has 20 heavy (non-hydrogen) atoms. The molecule has 1 aromatic rings. The number of fused-ring (bicyclic) bond motifs is 2. The summed E-state index contributed by atoms with van der Waals surface area (Å²) in [5.74, 6) is 0. The van der Waals surface area contributed by atoms with Crippen LogP contribution < -0.4 is 0 Å². The Balaban J connectivity index is 1.66. The summed E-state index contributed by atoms with van der Waals surface area (Å²) in [7, 11) is 0. The molecule has 0 saturated carbocycles. The van der Waals surface area contributed by atoms with E-state index in [1.54, 1.807) is 10.9 Å². The second-order valence-corrected chi connectivity index (χ2v) is 6.46. The van der Waals surface area contributed by atoms with Crippen LogP contribution in [-0.4, -0.2) is 50.8 Å². The number of hydrogen-bond acceptors (Lipinski definition) is 3. The van der Waals surface area contributed by atoms with Crippen LogP contribution in [-0.2, 0) is 6.54 Å². The van der Waals surface area contributed by atoms with Gasteiger partial charge in [-0.15, -0.1) is 0 Å². The molecule has 4 heteroatoms. The van der Waals surface area contributed by atoms with Crippen LogP contribution in [0.15, 0.2) is 19.0 Å². The van der Waals surface area contributed by atoms with Gasteiger partial charge < -0.3 is 0 Å². The highest BCUT2D eigenvalue weighted by molar-refractivity contribution is 5.17. The van der Waals surface area contributed by atoms with Gasteiger partial charge in [0.25, 0.3) is 0 Å². The van der Waals surface area contributed by atoms with Crippen LogP contribution in [0.4, 0.5) is 0 Å². The van der Waals surface area contributed by atoms with Gasteiger partial charge in [0.15, 0.2) is 0 Å². The third-order valence-electron chi connectivity index (χ3n) is 4.77. The Bertz CT molecular complexity index is 465. The Kier molecular flexibility index (Phi) is 3.94. The minimum Gasteiger partial charge on any atom is -0.297 e. The van der Waals surface area contributed by atoms with Crippen molar-refractivity contribution >= 4 is 6.20 Å². The number of nitrogens with zero attached hydrogens (tertiary/aromatic N) is 4. The smallest absolute Gasteiger partial charge is 0.0539 e. The van der Waals surface area contributed by atoms with E-state index < -0.39 is 0 Å². The fourth-order valence-corrected chi connectivity index (χ4v) is 3.98. The topological polar surface area (TPSA) is 24.3 Å². The third-order valence-corrected chi connectivity index (χ3v) is 4.77. The summed E-state index contributed by atoms with van der Waals surface area (Å²) in [5.41, 5.74) is 1.29. The van der Waals surface area contributed by atoms with Crippen LogP contribution in [0.5, 0.6) is 0 Å². The Morgan fingerprint density at radius 2 is 2.15 bits per heavy atom. The molecule has 0 radical (unpaired) electrons. The largest absolute Gasteiger partial charge is 0.297 e. The molecule has 0 amide bonds. The second kappa shape index (κ2) is 5.70. The summed E-state index contributed by atoms with van der Waals surface area (Å²) in [5, 5.41) is 4.28. The molecule has 2 fully saturated rings. The minimum absolute atomic E-state index is 0.677. The second-order valence-electron chi connectivity index (χ2n) is 6.46. The first kappa shape index (κ1) is 13.8. The van der Waals surface area contributed by atoms with Gasteiger partial charge in [-0.05, 0) is 33.1 Å². The molecule has 0 spiro atoms. The predicted molar refractivity (Wildman–Crippen MR) is 82.3 cm³/mol. The van der Waals surface area contributed by atoms with Gasteiger partial charge in [-0.1, -0.05) is 6.58 Å². The molecule has 3 heterocycles. The average molecular weight is 274 g/mol. The highest BCUT2D eigenvalue weighted by Crippen LogP contribution is 2.32. The Morgan fingerprint density at radius 1 is 1.35 bits per heavy atom. The Hall–Kier alpha value is -1.13. The van der Waals surface area contributed by atoms with Gasteiger partial charge in [-0.25, -0.2) is 4.68 Å². The average Bonchev–Trinajstić information content (AvgIpc) is 2.96. The molecule has 2 saturated heterocycles. The predicted octanol–water partition coefficient (Wildman–Crippen LogP) is 2.43. The van der Waals surface area contributed by atoms with E-state index >= 15 is 0 Å². The molecule has 110 valence electrons. The van der Waals surface area contributed by atoms with Crippen LogP contribution in [0.3, 0.4) is 0 Å². The lowest BCUT2D eigenvalue weighted by Crippen LogP contribution is -2.43. The van der Waals surface area contributed by atoms with Gasteiger partial charge in [-0.2, -0.15) is 5.10 Å². The molecule has 2 aliphatic rings. The van der Waals surface area contributed by atoms with Crippen molar-refractivity contribution in [2.45, 2.75) is 57.8 Å². The summed E-state index contributed by atoms with van der Waals surface area (Å²) in [4.78, 5) is 5.36. The van der Waals surface area contributed by atoms with Crippen LogP contribution in [0.2, 0.25) is 0 Å². The van der Waals surface area contributed by atoms with E-state index in [9.17, 15) is 0 Å². The van der Waals surface area contributed by atoms with Crippen molar-refractivity contribution in [3.63, 3.8) is 0 Å². The van der Waals surface area contributed by atoms with Crippen molar-refractivity contribution in [2.75, 3.05) is 13.1 Å². The zero-order valence-electron chi connectivity index (χ0n) is 12.7. The van der Waals surface area contributed by atoms with Crippen LogP contribution in [0.1, 0.15) is 38.7 Å². The molecule has 2 unspecified atom stereocenters. The van der Waals surface area contributed by atoms with Crippen molar-refractivity contribution in [3.05, 3.63) is 24.5 Å². The van der Waals surface area contributed by atoms with Crippen molar-refractivity contribution < 1.29 is 0 Å². The van der Waals surface area contributed by atoms with Gasteiger partial charge in [-0.3, -0.25) is 9.80 Å². The van der Waals surface area contributed by atoms with E-state index in [0.29, 0.717) is 6.04 Å². The molecule has 0 N–H and O–H groups in total. The van der Waals surface area contributed by atoms with E-state index in [0.717, 1.165) is 18.6 Å². The third kappa shape index (κ3) is 2.67. The Labute approximate surface area is 122 Å². The lowest BCUT2D eigenvalue weighted by Gasteiger charge is -2.32. The quantitative estimate of drug-likeness (QED) is 0.843. The monoisotopic (exact) mass is 274 g/mol. The zero-order valence-corrected chi connectivity index (χ0v) is 12.7.